The van der Waals surface area contributed by atoms with E-state index in [1.165, 1.54) is 19.3 Å². The summed E-state index contributed by atoms with van der Waals surface area (Å²) in [6, 6.07) is 0. The third-order valence-corrected chi connectivity index (χ3v) is 11.3. The maximum absolute atomic E-state index is 13.8. The minimum absolute atomic E-state index is 0.0252. The van der Waals surface area contributed by atoms with Gasteiger partial charge in [-0.3, -0.25) is 14.4 Å². The fraction of sp³-hybridized carbons (Fsp3) is 0.893. The summed E-state index contributed by atoms with van der Waals surface area (Å²) in [4.78, 5) is 39.8. The monoisotopic (exact) mass is 472 g/mol. The highest BCUT2D eigenvalue weighted by molar-refractivity contribution is 6.03. The van der Waals surface area contributed by atoms with Crippen molar-refractivity contribution in [1.29, 1.82) is 0 Å². The average molecular weight is 473 g/mol. The van der Waals surface area contributed by atoms with Crippen LogP contribution < -0.4 is 0 Å². The maximum Gasteiger partial charge on any atom is 0.324 e. The van der Waals surface area contributed by atoms with Gasteiger partial charge in [-0.2, -0.15) is 0 Å². The van der Waals surface area contributed by atoms with Crippen molar-refractivity contribution in [3.8, 4) is 0 Å². The zero-order valence-electron chi connectivity index (χ0n) is 21.4. The number of carbonyl (C=O) groups excluding carboxylic acids is 3. The second kappa shape index (κ2) is 7.00. The Morgan fingerprint density at radius 2 is 1.56 bits per heavy atom. The van der Waals surface area contributed by atoms with E-state index in [4.69, 9.17) is 14.2 Å². The molecule has 0 spiro atoms. The molecule has 0 amide bonds. The van der Waals surface area contributed by atoms with Crippen molar-refractivity contribution in [3.63, 3.8) is 0 Å². The SMILES string of the molecule is CCC(C)(C)C(=O)OC1C2CC3C1OC(=O)C3(C(=O)OC(C)(C)C13CC4CC(CC(C4)C1)C3)C2. The van der Waals surface area contributed by atoms with Crippen molar-refractivity contribution in [1.82, 2.24) is 0 Å². The van der Waals surface area contributed by atoms with E-state index >= 15 is 0 Å². The highest BCUT2D eigenvalue weighted by Crippen LogP contribution is 2.66. The number of rotatable bonds is 6. The first-order valence-electron chi connectivity index (χ1n) is 13.6. The number of hydrogen-bond acceptors (Lipinski definition) is 6. The molecule has 6 aliphatic carbocycles. The highest BCUT2D eigenvalue weighted by atomic mass is 16.6. The summed E-state index contributed by atoms with van der Waals surface area (Å²) >= 11 is 0. The summed E-state index contributed by atoms with van der Waals surface area (Å²) in [6.45, 7) is 9.87. The van der Waals surface area contributed by atoms with Gasteiger partial charge in [0.2, 0.25) is 0 Å². The molecule has 1 heterocycles. The number of carbonyl (C=O) groups is 3. The molecule has 7 fully saturated rings. The van der Waals surface area contributed by atoms with Crippen LogP contribution in [0.5, 0.6) is 0 Å². The minimum atomic E-state index is -1.22. The van der Waals surface area contributed by atoms with Gasteiger partial charge in [-0.25, -0.2) is 0 Å². The predicted octanol–water partition coefficient (Wildman–Crippen LogP) is 4.82. The van der Waals surface area contributed by atoms with Crippen molar-refractivity contribution < 1.29 is 28.6 Å². The smallest absolute Gasteiger partial charge is 0.324 e. The summed E-state index contributed by atoms with van der Waals surface area (Å²) in [5.74, 6) is 0.860. The molecule has 0 aromatic rings. The fourth-order valence-corrected chi connectivity index (χ4v) is 9.14. The first-order chi connectivity index (χ1) is 15.9. The van der Waals surface area contributed by atoms with Gasteiger partial charge < -0.3 is 14.2 Å². The lowest BCUT2D eigenvalue weighted by Crippen LogP contribution is -2.59. The van der Waals surface area contributed by atoms with Gasteiger partial charge in [-0.1, -0.05) is 6.92 Å². The Balaban J connectivity index is 1.21. The molecule has 0 aromatic heterocycles. The molecule has 6 bridgehead atoms. The van der Waals surface area contributed by atoms with E-state index in [-0.39, 0.29) is 23.2 Å². The van der Waals surface area contributed by atoms with Gasteiger partial charge in [0.1, 0.15) is 17.8 Å². The summed E-state index contributed by atoms with van der Waals surface area (Å²) in [7, 11) is 0. The largest absolute Gasteiger partial charge is 0.458 e. The lowest BCUT2D eigenvalue weighted by atomic mass is 9.46. The molecular weight excluding hydrogens is 432 g/mol. The molecule has 1 aliphatic heterocycles. The van der Waals surface area contributed by atoms with E-state index in [0.717, 1.165) is 37.0 Å². The Hall–Kier alpha value is -1.59. The van der Waals surface area contributed by atoms with Gasteiger partial charge in [0.25, 0.3) is 0 Å². The second-order valence-corrected chi connectivity index (χ2v) is 13.9. The number of ether oxygens (including phenoxy) is 3. The van der Waals surface area contributed by atoms with Crippen LogP contribution in [0.15, 0.2) is 0 Å². The van der Waals surface area contributed by atoms with Crippen molar-refractivity contribution in [2.45, 2.75) is 110 Å². The van der Waals surface area contributed by atoms with E-state index < -0.39 is 40.6 Å². The Morgan fingerprint density at radius 3 is 2.12 bits per heavy atom. The zero-order chi connectivity index (χ0) is 24.3. The highest BCUT2D eigenvalue weighted by Gasteiger charge is 2.76. The van der Waals surface area contributed by atoms with Gasteiger partial charge in [-0.15, -0.1) is 0 Å². The molecule has 6 heteroatoms. The van der Waals surface area contributed by atoms with Gasteiger partial charge in [0.15, 0.2) is 5.41 Å². The van der Waals surface area contributed by atoms with E-state index in [9.17, 15) is 14.4 Å². The topological polar surface area (TPSA) is 78.9 Å². The summed E-state index contributed by atoms with van der Waals surface area (Å²) in [5, 5.41) is 0. The molecule has 0 radical (unpaired) electrons. The van der Waals surface area contributed by atoms with E-state index in [1.807, 2.05) is 20.8 Å². The minimum Gasteiger partial charge on any atom is -0.458 e. The standard InChI is InChI=1S/C28H40O6/c1-6-25(2,3)22(29)32-20-18-10-19-21(20)33-23(30)28(19,14-18)24(31)34-26(4,5)27-11-15-7-16(12-27)9-17(8-15)13-27/h15-21H,6-14H2,1-5H3. The number of esters is 3. The van der Waals surface area contributed by atoms with Gasteiger partial charge in [0, 0.05) is 17.3 Å². The quantitative estimate of drug-likeness (QED) is 0.313. The van der Waals surface area contributed by atoms with E-state index in [0.29, 0.717) is 19.3 Å². The van der Waals surface area contributed by atoms with Crippen LogP contribution in [-0.4, -0.2) is 35.7 Å². The zero-order valence-corrected chi connectivity index (χ0v) is 21.4. The summed E-state index contributed by atoms with van der Waals surface area (Å²) < 4.78 is 18.1. The van der Waals surface area contributed by atoms with Crippen molar-refractivity contribution in [3.05, 3.63) is 0 Å². The van der Waals surface area contributed by atoms with Crippen molar-refractivity contribution in [2.24, 2.45) is 45.8 Å². The molecule has 5 unspecified atom stereocenters. The molecule has 7 aliphatic rings. The van der Waals surface area contributed by atoms with Crippen LogP contribution in [0, 0.1) is 45.8 Å². The molecule has 7 rings (SSSR count). The lowest BCUT2D eigenvalue weighted by Gasteiger charge is -2.61. The molecule has 34 heavy (non-hydrogen) atoms. The Morgan fingerprint density at radius 1 is 0.971 bits per heavy atom. The normalized spacial score (nSPS) is 46.0. The van der Waals surface area contributed by atoms with Crippen LogP contribution in [0.25, 0.3) is 0 Å². The van der Waals surface area contributed by atoms with Gasteiger partial charge in [-0.05, 0) is 103 Å². The molecule has 0 aromatic carbocycles. The van der Waals surface area contributed by atoms with Crippen LogP contribution >= 0.6 is 0 Å². The molecule has 1 saturated heterocycles. The third kappa shape index (κ3) is 2.89. The molecular formula is C28H40O6. The molecule has 0 N–H and O–H groups in total. The summed E-state index contributed by atoms with van der Waals surface area (Å²) in [5.41, 5.74) is -2.39. The third-order valence-electron chi connectivity index (χ3n) is 11.3. The van der Waals surface area contributed by atoms with Crippen molar-refractivity contribution in [2.75, 3.05) is 0 Å². The Bertz CT molecular complexity index is 898. The van der Waals surface area contributed by atoms with Gasteiger partial charge in [0.05, 0.1) is 5.41 Å². The van der Waals surface area contributed by atoms with Gasteiger partial charge >= 0.3 is 17.9 Å². The first kappa shape index (κ1) is 22.8. The average Bonchev–Trinajstić information content (AvgIpc) is 3.35. The lowest BCUT2D eigenvalue weighted by molar-refractivity contribution is -0.209. The molecule has 6 saturated carbocycles. The Labute approximate surface area is 202 Å². The second-order valence-electron chi connectivity index (χ2n) is 13.9. The Kier molecular flexibility index (Phi) is 4.70. The van der Waals surface area contributed by atoms with E-state index in [2.05, 4.69) is 13.8 Å². The van der Waals surface area contributed by atoms with Crippen LogP contribution in [0.1, 0.15) is 92.4 Å². The molecule has 188 valence electrons. The first-order valence-corrected chi connectivity index (χ1v) is 13.6. The fourth-order valence-electron chi connectivity index (χ4n) is 9.14. The molecule has 5 atom stereocenters. The number of hydrogen-bond donors (Lipinski definition) is 0. The maximum atomic E-state index is 13.8. The van der Waals surface area contributed by atoms with Crippen LogP contribution in [0.4, 0.5) is 0 Å². The van der Waals surface area contributed by atoms with Crippen LogP contribution in [0.2, 0.25) is 0 Å². The van der Waals surface area contributed by atoms with Crippen LogP contribution in [0.3, 0.4) is 0 Å². The molecule has 6 nitrogen and oxygen atoms in total. The van der Waals surface area contributed by atoms with Crippen LogP contribution in [-0.2, 0) is 28.6 Å². The van der Waals surface area contributed by atoms with Crippen molar-refractivity contribution >= 4 is 17.9 Å². The predicted molar refractivity (Wildman–Crippen MR) is 123 cm³/mol. The van der Waals surface area contributed by atoms with E-state index in [1.54, 1.807) is 0 Å². The summed E-state index contributed by atoms with van der Waals surface area (Å²) in [6.07, 6.45) is 8.14. The number of fused-ring (bicyclic) bond motifs is 1.